The highest BCUT2D eigenvalue weighted by Gasteiger charge is 2.40. The fraction of sp³-hybridized carbons (Fsp3) is 0.529. The summed E-state index contributed by atoms with van der Waals surface area (Å²) in [4.78, 5) is 26.1. The second kappa shape index (κ2) is 9.63. The van der Waals surface area contributed by atoms with Crippen LogP contribution < -0.4 is 10.2 Å². The van der Waals surface area contributed by atoms with Gasteiger partial charge in [0.1, 0.15) is 6.04 Å². The summed E-state index contributed by atoms with van der Waals surface area (Å²) in [6.45, 7) is 3.99. The van der Waals surface area contributed by atoms with Gasteiger partial charge in [-0.1, -0.05) is 11.6 Å². The molecule has 2 rings (SSSR count). The first-order chi connectivity index (χ1) is 13.5. The van der Waals surface area contributed by atoms with E-state index in [1.54, 1.807) is 49.3 Å². The van der Waals surface area contributed by atoms with Crippen molar-refractivity contribution in [3.63, 3.8) is 0 Å². The summed E-state index contributed by atoms with van der Waals surface area (Å²) in [6, 6.07) is 5.32. The topological polar surface area (TPSA) is 119 Å². The van der Waals surface area contributed by atoms with Crippen molar-refractivity contribution in [3.05, 3.63) is 34.9 Å². The maximum absolute atomic E-state index is 12.8. The van der Waals surface area contributed by atoms with E-state index in [-0.39, 0.29) is 32.1 Å². The number of halogens is 1. The van der Waals surface area contributed by atoms with Gasteiger partial charge in [0.15, 0.2) is 0 Å². The van der Waals surface area contributed by atoms with Crippen LogP contribution in [0.1, 0.15) is 24.2 Å². The van der Waals surface area contributed by atoms with Crippen LogP contribution >= 0.6 is 23.4 Å². The molecule has 29 heavy (non-hydrogen) atoms. The number of amides is 2. The van der Waals surface area contributed by atoms with Gasteiger partial charge >= 0.3 is 0 Å². The zero-order valence-electron chi connectivity index (χ0n) is 16.4. The number of piperazine rings is 1. The minimum atomic E-state index is -4.01. The van der Waals surface area contributed by atoms with E-state index in [1.807, 2.05) is 0 Å². The first-order valence-corrected chi connectivity index (χ1v) is 11.9. The average molecular weight is 465 g/mol. The van der Waals surface area contributed by atoms with Crippen molar-refractivity contribution in [2.75, 3.05) is 32.4 Å². The molecular weight excluding hydrogens is 440 g/mol. The molecule has 1 saturated heterocycles. The molecule has 0 bridgehead atoms. The Balaban J connectivity index is 2.05. The van der Waals surface area contributed by atoms with E-state index in [1.165, 1.54) is 21.5 Å². The summed E-state index contributed by atoms with van der Waals surface area (Å²) in [6.07, 6.45) is 1.74. The van der Waals surface area contributed by atoms with Crippen molar-refractivity contribution in [2.45, 2.75) is 24.6 Å². The quantitative estimate of drug-likeness (QED) is 0.408. The molecule has 1 aromatic rings. The van der Waals surface area contributed by atoms with Crippen molar-refractivity contribution in [1.29, 1.82) is 0 Å². The van der Waals surface area contributed by atoms with Gasteiger partial charge in [-0.05, 0) is 44.4 Å². The van der Waals surface area contributed by atoms with E-state index in [0.29, 0.717) is 10.6 Å². The van der Waals surface area contributed by atoms with E-state index in [0.717, 1.165) is 0 Å². The Morgan fingerprint density at radius 2 is 1.72 bits per heavy atom. The molecule has 2 amide bonds. The lowest BCUT2D eigenvalue weighted by molar-refractivity contribution is -0.131. The van der Waals surface area contributed by atoms with Gasteiger partial charge in [-0.3, -0.25) is 14.8 Å². The number of hydroxylamine groups is 1. The van der Waals surface area contributed by atoms with Crippen LogP contribution in [0.25, 0.3) is 0 Å². The Kier molecular flexibility index (Phi) is 7.93. The maximum Gasteiger partial charge on any atom is 0.280 e. The standard InChI is InChI=1S/C17H25ClN4O5S2/c1-17(2,28-3)14(15(23)19-25)20-29(26,27)22-10-8-21(9-11-22)16(24)12-4-6-13(18)7-5-12/h4-7,14,20,25H,8-11H2,1-3H3,(H,19,23)/t14-/m1/s1. The highest BCUT2D eigenvalue weighted by molar-refractivity contribution is 8.00. The predicted octanol–water partition coefficient (Wildman–Crippen LogP) is 0.948. The monoisotopic (exact) mass is 464 g/mol. The zero-order valence-corrected chi connectivity index (χ0v) is 18.8. The van der Waals surface area contributed by atoms with Gasteiger partial charge < -0.3 is 4.90 Å². The summed E-state index contributed by atoms with van der Waals surface area (Å²) >= 11 is 7.13. The van der Waals surface area contributed by atoms with Crippen molar-refractivity contribution in [2.24, 2.45) is 0 Å². The molecule has 0 unspecified atom stereocenters. The van der Waals surface area contributed by atoms with Gasteiger partial charge in [-0.15, -0.1) is 0 Å². The van der Waals surface area contributed by atoms with Gasteiger partial charge in [0.25, 0.3) is 22.0 Å². The third kappa shape index (κ3) is 5.83. The molecule has 0 saturated carbocycles. The lowest BCUT2D eigenvalue weighted by Gasteiger charge is -2.37. The fourth-order valence-corrected chi connectivity index (χ4v) is 4.92. The number of hydrogen-bond acceptors (Lipinski definition) is 6. The van der Waals surface area contributed by atoms with Crippen LogP contribution in [0.4, 0.5) is 0 Å². The van der Waals surface area contributed by atoms with E-state index in [9.17, 15) is 18.0 Å². The van der Waals surface area contributed by atoms with Crippen molar-refractivity contribution >= 4 is 45.4 Å². The number of rotatable bonds is 7. The predicted molar refractivity (Wildman–Crippen MR) is 112 cm³/mol. The van der Waals surface area contributed by atoms with Crippen LogP contribution in [-0.4, -0.2) is 77.9 Å². The maximum atomic E-state index is 12.8. The van der Waals surface area contributed by atoms with Crippen LogP contribution in [-0.2, 0) is 15.0 Å². The average Bonchev–Trinajstić information content (AvgIpc) is 2.71. The molecule has 1 heterocycles. The van der Waals surface area contributed by atoms with Gasteiger partial charge in [-0.2, -0.15) is 29.2 Å². The molecule has 0 radical (unpaired) electrons. The highest BCUT2D eigenvalue weighted by Crippen LogP contribution is 2.26. The normalized spacial score (nSPS) is 17.1. The summed E-state index contributed by atoms with van der Waals surface area (Å²) < 4.78 is 28.3. The molecule has 162 valence electrons. The van der Waals surface area contributed by atoms with Gasteiger partial charge in [0.2, 0.25) is 0 Å². The molecule has 1 aromatic carbocycles. The number of benzene rings is 1. The fourth-order valence-electron chi connectivity index (χ4n) is 2.82. The Labute approximate surface area is 179 Å². The molecule has 0 spiro atoms. The van der Waals surface area contributed by atoms with Gasteiger partial charge in [0.05, 0.1) is 0 Å². The minimum absolute atomic E-state index is 0.0851. The number of thioether (sulfide) groups is 1. The van der Waals surface area contributed by atoms with Crippen molar-refractivity contribution in [3.8, 4) is 0 Å². The van der Waals surface area contributed by atoms with E-state index >= 15 is 0 Å². The second-order valence-corrected chi connectivity index (χ2v) is 10.6. The SMILES string of the molecule is CSC(C)(C)[C@H](NS(=O)(=O)N1CCN(C(=O)c2ccc(Cl)cc2)CC1)C(=O)NO. The largest absolute Gasteiger partial charge is 0.336 e. The number of hydrogen-bond donors (Lipinski definition) is 3. The van der Waals surface area contributed by atoms with Crippen LogP contribution in [0.15, 0.2) is 24.3 Å². The van der Waals surface area contributed by atoms with E-state index in [2.05, 4.69) is 4.72 Å². The molecule has 1 aliphatic heterocycles. The summed E-state index contributed by atoms with van der Waals surface area (Å²) in [7, 11) is -4.01. The molecule has 1 atom stereocenters. The van der Waals surface area contributed by atoms with Crippen molar-refractivity contribution in [1.82, 2.24) is 19.4 Å². The molecular formula is C17H25ClN4O5S2. The first kappa shape index (κ1) is 23.9. The first-order valence-electron chi connectivity index (χ1n) is 8.83. The minimum Gasteiger partial charge on any atom is -0.336 e. The number of nitrogens with one attached hydrogen (secondary N) is 2. The summed E-state index contributed by atoms with van der Waals surface area (Å²) in [5, 5.41) is 9.51. The van der Waals surface area contributed by atoms with Crippen LogP contribution in [0.2, 0.25) is 5.02 Å². The summed E-state index contributed by atoms with van der Waals surface area (Å²) in [5.41, 5.74) is 1.99. The van der Waals surface area contributed by atoms with Crippen molar-refractivity contribution < 1.29 is 23.2 Å². The smallest absolute Gasteiger partial charge is 0.280 e. The van der Waals surface area contributed by atoms with E-state index in [4.69, 9.17) is 16.8 Å². The molecule has 1 fully saturated rings. The zero-order chi connectivity index (χ0) is 21.8. The highest BCUT2D eigenvalue weighted by atomic mass is 35.5. The molecule has 12 heteroatoms. The van der Waals surface area contributed by atoms with Crippen LogP contribution in [0.3, 0.4) is 0 Å². The molecule has 1 aliphatic rings. The molecule has 0 aliphatic carbocycles. The second-order valence-electron chi connectivity index (χ2n) is 7.04. The molecule has 9 nitrogen and oxygen atoms in total. The third-order valence-electron chi connectivity index (χ3n) is 4.82. The molecule has 0 aromatic heterocycles. The number of nitrogens with zero attached hydrogens (tertiary/aromatic N) is 2. The van der Waals surface area contributed by atoms with Gasteiger partial charge in [0, 0.05) is 41.5 Å². The van der Waals surface area contributed by atoms with E-state index < -0.39 is 26.9 Å². The van der Waals surface area contributed by atoms with Crippen LogP contribution in [0.5, 0.6) is 0 Å². The Bertz CT molecular complexity index is 840. The van der Waals surface area contributed by atoms with Gasteiger partial charge in [-0.25, -0.2) is 5.48 Å². The Morgan fingerprint density at radius 1 is 1.17 bits per heavy atom. The Morgan fingerprint density at radius 3 is 2.21 bits per heavy atom. The lowest BCUT2D eigenvalue weighted by atomic mass is 10.0. The molecule has 3 N–H and O–H groups in total. The number of carbonyl (C=O) groups excluding carboxylic acids is 2. The lowest BCUT2D eigenvalue weighted by Crippen LogP contribution is -2.60. The van der Waals surface area contributed by atoms with Crippen LogP contribution in [0, 0.1) is 0 Å². The number of carbonyl (C=O) groups is 2. The summed E-state index contributed by atoms with van der Waals surface area (Å²) in [5.74, 6) is -1.04. The Hall–Kier alpha value is -1.37. The third-order valence-corrected chi connectivity index (χ3v) is 7.94.